The van der Waals surface area contributed by atoms with Gasteiger partial charge in [-0.05, 0) is 199 Å². The van der Waals surface area contributed by atoms with E-state index in [1.54, 1.807) is 0 Å². The third-order valence-corrected chi connectivity index (χ3v) is 21.3. The van der Waals surface area contributed by atoms with Crippen LogP contribution in [0.2, 0.25) is 0 Å². The monoisotopic (exact) mass is 1790 g/mol. The van der Waals surface area contributed by atoms with Crippen LogP contribution >= 0.6 is 51.2 Å². The summed E-state index contributed by atoms with van der Waals surface area (Å²) in [4.78, 5) is 84.8. The molecule has 0 unspecified atom stereocenters. The summed E-state index contributed by atoms with van der Waals surface area (Å²) in [6.07, 6.45) is 50.5. The zero-order chi connectivity index (χ0) is 69.7. The number of hydrogen-bond acceptors (Lipinski definition) is 12. The van der Waals surface area contributed by atoms with Crippen molar-refractivity contribution in [3.8, 4) is 0 Å². The molecule has 0 aliphatic heterocycles. The van der Waals surface area contributed by atoms with E-state index < -0.39 is 11.2 Å². The molecule has 5 aliphatic rings. The van der Waals surface area contributed by atoms with Crippen molar-refractivity contribution < 1.29 is 83.4 Å². The Balaban J connectivity index is 0.000000470. The fourth-order valence-electron chi connectivity index (χ4n) is 15.4. The molecule has 0 spiro atoms. The van der Waals surface area contributed by atoms with Crippen molar-refractivity contribution in [3.63, 3.8) is 0 Å². The van der Waals surface area contributed by atoms with Crippen LogP contribution in [-0.2, 0) is 47.8 Å². The number of fused-ring (bicyclic) bond motifs is 2. The molecule has 0 aromatic carbocycles. The van der Waals surface area contributed by atoms with E-state index in [1.165, 1.54) is 70.6 Å². The van der Waals surface area contributed by atoms with Crippen LogP contribution in [0.25, 0.3) is 0 Å². The topological polar surface area (TPSA) is 188 Å². The average molecular weight is 1790 g/mol. The minimum atomic E-state index is -0.539. The van der Waals surface area contributed by atoms with E-state index in [2.05, 4.69) is 108 Å². The second-order valence-electron chi connectivity index (χ2n) is 29.2. The molecule has 0 saturated heterocycles. The van der Waals surface area contributed by atoms with Gasteiger partial charge < -0.3 is 24.4 Å². The fourth-order valence-corrected chi connectivity index (χ4v) is 16.3. The number of ketones is 4. The summed E-state index contributed by atoms with van der Waals surface area (Å²) in [6.45, 7) is 17.8. The molecule has 0 aromatic heterocycles. The van der Waals surface area contributed by atoms with Crippen LogP contribution in [0.5, 0.6) is 0 Å². The second kappa shape index (κ2) is 53.6. The SMILES string of the molecule is CCCCCCCC(=O)CC[C@H]1[C@H](CI)CC(=O)[C@@H]1CC=CCCCC(=O)OC(C)C.CCCCCCC[C@@]1(O)CC[C@H]2[C@@H](CC(=O)[C@@H]2CC=CCCCC(=O)OC(C)C)C1.CCCCCCC[C@]1(O)CC[C@H]2[C@@H](CC(=O)[C@@H]2CC=CCCCC(=O)OC(C)C)C1.[I][Sm][I]. The number of aliphatic hydroxyl groups is 2. The van der Waals surface area contributed by atoms with Crippen molar-refractivity contribution in [2.24, 2.45) is 53.3 Å². The number of unbranched alkanes of at least 4 members (excludes halogenated alkanes) is 15. The number of allylic oxidation sites excluding steroid dienone is 6. The number of halogens is 3. The quantitative estimate of drug-likeness (QED) is 0.0147. The second-order valence-corrected chi connectivity index (χ2v) is 49.5. The molecule has 5 aliphatic carbocycles. The van der Waals surface area contributed by atoms with Crippen LogP contribution in [-0.4, -0.2) is 85.2 Å². The molecule has 12 nitrogen and oxygen atoms in total. The summed E-state index contributed by atoms with van der Waals surface area (Å²) >= 11 is 7.46. The summed E-state index contributed by atoms with van der Waals surface area (Å²) in [5, 5.41) is 22.1. The van der Waals surface area contributed by atoms with Gasteiger partial charge in [-0.3, -0.25) is 33.6 Å². The number of carbonyl (C=O) groups is 7. The number of esters is 3. The van der Waals surface area contributed by atoms with Crippen LogP contribution in [0.4, 0.5) is 0 Å². The number of Topliss-reactive ketones (excluding diaryl/α,β-unsaturated/α-hetero) is 4. The average Bonchev–Trinajstić information content (AvgIpc) is 1.63. The van der Waals surface area contributed by atoms with Gasteiger partial charge in [0.1, 0.15) is 23.1 Å². The van der Waals surface area contributed by atoms with Crippen LogP contribution in [0.3, 0.4) is 0 Å². The predicted molar refractivity (Wildman–Crippen MR) is 406 cm³/mol. The van der Waals surface area contributed by atoms with Gasteiger partial charge in [-0.2, -0.15) is 0 Å². The molecular weight excluding hydrogens is 1660 g/mol. The molecule has 5 fully saturated rings. The Bertz CT molecular complexity index is 2120. The molecular formula is C78H131I3O12Sm. The Morgan fingerprint density at radius 1 is 0.489 bits per heavy atom. The normalized spacial score (nSPS) is 25.7. The van der Waals surface area contributed by atoms with Crippen molar-refractivity contribution >= 4 is 92.2 Å². The summed E-state index contributed by atoms with van der Waals surface area (Å²) in [5.41, 5.74) is -1.08. The molecule has 16 heteroatoms. The van der Waals surface area contributed by atoms with Crippen LogP contribution in [0, 0.1) is 78.7 Å². The number of rotatable bonds is 43. The van der Waals surface area contributed by atoms with Gasteiger partial charge in [0, 0.05) is 73.5 Å². The number of carbonyl (C=O) groups excluding carboxylic acids is 7. The third kappa shape index (κ3) is 39.3. The van der Waals surface area contributed by atoms with Crippen molar-refractivity contribution in [2.75, 3.05) is 4.43 Å². The molecule has 94 heavy (non-hydrogen) atoms. The molecule has 0 aromatic rings. The van der Waals surface area contributed by atoms with E-state index in [-0.39, 0.29) is 79.4 Å². The maximum atomic E-state index is 12.6. The van der Waals surface area contributed by atoms with Crippen LogP contribution < -0.4 is 0 Å². The Morgan fingerprint density at radius 3 is 1.20 bits per heavy atom. The van der Waals surface area contributed by atoms with Gasteiger partial charge in [-0.15, -0.1) is 0 Å². The van der Waals surface area contributed by atoms with Crippen molar-refractivity contribution in [1.29, 1.82) is 0 Å². The number of alkyl halides is 1. The standard InChI is InChI=1S/C26H43IO4.2C26H44O4.2HI.Sm/c1-4-5-6-7-10-13-22(28)16-17-23-21(19-27)18-25(29)24(23)14-11-8-9-12-15-26(30)31-20(2)3;2*1-4-5-6-9-12-16-26(29)17-15-22-21(19-26)18-24(27)23(22)13-10-7-8-11-14-25(28)30-20(2)3;;;/h8,11,20-21,23-24H,4-7,9-10,12-19H2,1-3H3;2*7,10,20-23,29H,4-6,8-9,11-19H2,1-3H3;2*1H;/q;;;;;+2/p-2/t21-,23-,24+;21-,22-,23+,26+;21-,22-,23+,26-;;;/m000.../s1. The van der Waals surface area contributed by atoms with E-state index in [4.69, 9.17) is 14.2 Å². The van der Waals surface area contributed by atoms with Crippen molar-refractivity contribution in [3.05, 3.63) is 36.5 Å². The van der Waals surface area contributed by atoms with E-state index >= 15 is 0 Å². The summed E-state index contributed by atoms with van der Waals surface area (Å²) in [5.74, 6) is 3.80. The van der Waals surface area contributed by atoms with Gasteiger partial charge >= 0.3 is 71.9 Å². The summed E-state index contributed by atoms with van der Waals surface area (Å²) in [7, 11) is 0. The Hall–Kier alpha value is -0.242. The number of ether oxygens (including phenoxy) is 3. The first-order valence-corrected chi connectivity index (χ1v) is 54.1. The molecule has 5 rings (SSSR count). The molecule has 0 amide bonds. The van der Waals surface area contributed by atoms with Crippen molar-refractivity contribution in [1.82, 2.24) is 0 Å². The molecule has 2 N–H and O–H groups in total. The van der Waals surface area contributed by atoms with Crippen molar-refractivity contribution in [2.45, 2.75) is 355 Å². The molecule has 11 atom stereocenters. The van der Waals surface area contributed by atoms with Gasteiger partial charge in [0.2, 0.25) is 0 Å². The van der Waals surface area contributed by atoms with Gasteiger partial charge in [-0.25, -0.2) is 0 Å². The molecule has 0 heterocycles. The van der Waals surface area contributed by atoms with E-state index in [0.717, 1.165) is 146 Å². The van der Waals surface area contributed by atoms with Gasteiger partial charge in [0.15, 0.2) is 0 Å². The summed E-state index contributed by atoms with van der Waals surface area (Å²) < 4.78 is 16.4. The first-order chi connectivity index (χ1) is 45.0. The first-order valence-electron chi connectivity index (χ1n) is 37.5. The van der Waals surface area contributed by atoms with E-state index in [9.17, 15) is 43.8 Å². The molecule has 542 valence electrons. The number of hydrogen-bond donors (Lipinski definition) is 2. The van der Waals surface area contributed by atoms with E-state index in [0.29, 0.717) is 110 Å². The zero-order valence-electron chi connectivity index (χ0n) is 60.1. The summed E-state index contributed by atoms with van der Waals surface area (Å²) in [6, 6.07) is 0. The van der Waals surface area contributed by atoms with Crippen LogP contribution in [0.1, 0.15) is 326 Å². The van der Waals surface area contributed by atoms with Gasteiger partial charge in [0.05, 0.1) is 29.5 Å². The first kappa shape index (κ1) is 89.8. The molecule has 0 radical (unpaired) electrons. The van der Waals surface area contributed by atoms with Gasteiger partial charge in [0.25, 0.3) is 0 Å². The predicted octanol–water partition coefficient (Wildman–Crippen LogP) is 21.1. The minimum absolute atomic E-state index is 0.0522. The maximum absolute atomic E-state index is 12.6. The van der Waals surface area contributed by atoms with Crippen LogP contribution in [0.15, 0.2) is 36.5 Å². The third-order valence-electron chi connectivity index (χ3n) is 20.2. The van der Waals surface area contributed by atoms with Gasteiger partial charge in [-0.1, -0.05) is 170 Å². The Morgan fingerprint density at radius 2 is 0.840 bits per heavy atom. The van der Waals surface area contributed by atoms with E-state index in [1.807, 2.05) is 41.5 Å². The Labute approximate surface area is 618 Å². The zero-order valence-corrected chi connectivity index (χ0v) is 69.2. The fraction of sp³-hybridized carbons (Fsp3) is 0.833. The molecule has 5 saturated carbocycles. The molecule has 0 bridgehead atoms. The Kier molecular flexibility index (Phi) is 51.2.